The van der Waals surface area contributed by atoms with Crippen LogP contribution in [0.5, 0.6) is 0 Å². The SMILES string of the molecule is N#CS(Cl)=[N+]1CCN=N1. The fourth-order valence-electron chi connectivity index (χ4n) is 0.450. The summed E-state index contributed by atoms with van der Waals surface area (Å²) >= 11 is 0. The molecule has 0 aromatic rings. The van der Waals surface area contributed by atoms with Gasteiger partial charge >= 0.3 is 0 Å². The standard InChI is InChI=1S/C3H4ClN4S/c4-9(3-5)8-2-1-6-7-8/h1-2H2/q+1. The van der Waals surface area contributed by atoms with Crippen LogP contribution >= 0.6 is 10.7 Å². The average molecular weight is 164 g/mol. The Morgan fingerprint density at radius 3 is 3.00 bits per heavy atom. The molecule has 1 atom stereocenters. The van der Waals surface area contributed by atoms with Gasteiger partial charge < -0.3 is 0 Å². The Morgan fingerprint density at radius 1 is 1.78 bits per heavy atom. The molecule has 0 amide bonds. The minimum absolute atomic E-state index is 0.651. The average Bonchev–Trinajstić information content (AvgIpc) is 2.37. The molecule has 0 aromatic carbocycles. The van der Waals surface area contributed by atoms with Crippen molar-refractivity contribution in [3.63, 3.8) is 0 Å². The van der Waals surface area contributed by atoms with Crippen molar-refractivity contribution in [2.24, 2.45) is 10.3 Å². The van der Waals surface area contributed by atoms with Crippen LogP contribution in [-0.4, -0.2) is 17.1 Å². The fraction of sp³-hybridized carbons (Fsp3) is 0.667. The molecule has 48 valence electrons. The summed E-state index contributed by atoms with van der Waals surface area (Å²) < 4.78 is 1.47. The number of hydrogen-bond acceptors (Lipinski definition) is 2. The van der Waals surface area contributed by atoms with Gasteiger partial charge in [0.25, 0.3) is 0 Å². The molecule has 0 bridgehead atoms. The van der Waals surface area contributed by atoms with Gasteiger partial charge in [0, 0.05) is 15.8 Å². The molecule has 0 spiro atoms. The third-order valence-corrected chi connectivity index (χ3v) is 2.28. The molecular weight excluding hydrogens is 160 g/mol. The van der Waals surface area contributed by atoms with Crippen LogP contribution in [0, 0.1) is 10.7 Å². The van der Waals surface area contributed by atoms with Crippen molar-refractivity contribution < 1.29 is 4.05 Å². The fourth-order valence-corrected chi connectivity index (χ4v) is 1.19. The molecule has 0 aromatic heterocycles. The molecule has 6 heteroatoms. The first-order valence-electron chi connectivity index (χ1n) is 2.30. The highest BCUT2D eigenvalue weighted by Gasteiger charge is 2.13. The first-order chi connectivity index (χ1) is 4.34. The Morgan fingerprint density at radius 2 is 2.56 bits per heavy atom. The first-order valence-corrected chi connectivity index (χ1v) is 4.30. The molecule has 0 radical (unpaired) electrons. The van der Waals surface area contributed by atoms with E-state index in [1.54, 1.807) is 0 Å². The van der Waals surface area contributed by atoms with Crippen LogP contribution in [0.4, 0.5) is 0 Å². The van der Waals surface area contributed by atoms with E-state index in [1.807, 2.05) is 5.40 Å². The van der Waals surface area contributed by atoms with Crippen LogP contribution in [-0.2, 0) is 9.90 Å². The van der Waals surface area contributed by atoms with Gasteiger partial charge in [-0.25, -0.2) is 0 Å². The smallest absolute Gasteiger partial charge is 0.181 e. The molecule has 0 fully saturated rings. The Kier molecular flexibility index (Phi) is 2.14. The summed E-state index contributed by atoms with van der Waals surface area (Å²) in [5, 5.41) is 17.4. The maximum absolute atomic E-state index is 8.28. The molecule has 1 rings (SSSR count). The van der Waals surface area contributed by atoms with Crippen LogP contribution in [0.1, 0.15) is 0 Å². The summed E-state index contributed by atoms with van der Waals surface area (Å²) in [6, 6.07) is 0. The molecule has 1 unspecified atom stereocenters. The van der Waals surface area contributed by atoms with Gasteiger partial charge in [0.05, 0.1) is 0 Å². The molecule has 0 saturated carbocycles. The molecule has 1 heterocycles. The van der Waals surface area contributed by atoms with Crippen molar-refractivity contribution in [1.82, 2.24) is 0 Å². The van der Waals surface area contributed by atoms with Crippen molar-refractivity contribution in [2.75, 3.05) is 13.1 Å². The zero-order chi connectivity index (χ0) is 6.69. The summed E-state index contributed by atoms with van der Waals surface area (Å²) in [5.41, 5.74) is 0. The summed E-state index contributed by atoms with van der Waals surface area (Å²) in [6.45, 7) is 1.32. The highest BCUT2D eigenvalue weighted by atomic mass is 35.7. The third kappa shape index (κ3) is 1.47. The van der Waals surface area contributed by atoms with E-state index < -0.39 is 9.90 Å². The second-order valence-electron chi connectivity index (χ2n) is 1.36. The van der Waals surface area contributed by atoms with E-state index in [4.69, 9.17) is 15.9 Å². The van der Waals surface area contributed by atoms with E-state index in [0.29, 0.717) is 13.1 Å². The van der Waals surface area contributed by atoms with Gasteiger partial charge in [-0.2, -0.15) is 5.26 Å². The summed E-state index contributed by atoms with van der Waals surface area (Å²) in [6.07, 6.45) is 0. The van der Waals surface area contributed by atoms with E-state index >= 15 is 0 Å². The monoisotopic (exact) mass is 163 g/mol. The number of rotatable bonds is 0. The molecule has 0 aliphatic carbocycles. The topological polar surface area (TPSA) is 51.5 Å². The lowest BCUT2D eigenvalue weighted by Gasteiger charge is -1.82. The molecular formula is C3H4ClN4S+. The van der Waals surface area contributed by atoms with Crippen molar-refractivity contribution in [3.8, 4) is 5.40 Å². The molecule has 1 aliphatic heterocycles. The number of thiocyanates is 1. The molecule has 4 nitrogen and oxygen atoms in total. The van der Waals surface area contributed by atoms with E-state index in [9.17, 15) is 0 Å². The van der Waals surface area contributed by atoms with E-state index in [-0.39, 0.29) is 0 Å². The van der Waals surface area contributed by atoms with Gasteiger partial charge in [-0.05, 0) is 0 Å². The minimum Gasteiger partial charge on any atom is -0.181 e. The zero-order valence-electron chi connectivity index (χ0n) is 4.49. The first kappa shape index (κ1) is 6.65. The van der Waals surface area contributed by atoms with Gasteiger partial charge in [0.15, 0.2) is 28.4 Å². The predicted octanol–water partition coefficient (Wildman–Crippen LogP) is 0.816. The Hall–Kier alpha value is -0.470. The highest BCUT2D eigenvalue weighted by molar-refractivity contribution is 8.11. The molecule has 0 saturated heterocycles. The van der Waals surface area contributed by atoms with Crippen molar-refractivity contribution in [1.29, 1.82) is 5.26 Å². The third-order valence-electron chi connectivity index (χ3n) is 0.815. The largest absolute Gasteiger partial charge is 0.197 e. The van der Waals surface area contributed by atoms with E-state index in [1.165, 1.54) is 4.05 Å². The van der Waals surface area contributed by atoms with Gasteiger partial charge in [-0.1, -0.05) is 4.05 Å². The molecule has 0 N–H and O–H groups in total. The van der Waals surface area contributed by atoms with E-state index in [2.05, 4.69) is 10.3 Å². The molecule has 1 aliphatic rings. The maximum Gasteiger partial charge on any atom is 0.197 e. The summed E-state index contributed by atoms with van der Waals surface area (Å²) in [7, 11) is 4.61. The number of nitriles is 1. The summed E-state index contributed by atoms with van der Waals surface area (Å²) in [5.74, 6) is 0. The lowest BCUT2D eigenvalue weighted by Crippen LogP contribution is -2.03. The van der Waals surface area contributed by atoms with Gasteiger partial charge in [0.2, 0.25) is 0 Å². The normalized spacial score (nSPS) is 23.8. The van der Waals surface area contributed by atoms with Gasteiger partial charge in [0.1, 0.15) is 5.22 Å². The van der Waals surface area contributed by atoms with Crippen molar-refractivity contribution in [2.45, 2.75) is 0 Å². The second-order valence-corrected chi connectivity index (χ2v) is 3.31. The predicted molar refractivity (Wildman–Crippen MR) is 33.7 cm³/mol. The number of hydrogen-bond donors (Lipinski definition) is 0. The maximum atomic E-state index is 8.28. The number of nitrogens with zero attached hydrogens (tertiary/aromatic N) is 4. The van der Waals surface area contributed by atoms with Crippen molar-refractivity contribution in [3.05, 3.63) is 0 Å². The van der Waals surface area contributed by atoms with Crippen LogP contribution in [0.2, 0.25) is 0 Å². The number of halogens is 1. The lowest BCUT2D eigenvalue weighted by atomic mass is 10.7. The lowest BCUT2D eigenvalue weighted by molar-refractivity contribution is -0.496. The van der Waals surface area contributed by atoms with Crippen LogP contribution in [0.3, 0.4) is 0 Å². The van der Waals surface area contributed by atoms with Crippen LogP contribution in [0.15, 0.2) is 10.3 Å². The Labute approximate surface area is 59.3 Å². The Bertz CT molecular complexity index is 214. The van der Waals surface area contributed by atoms with Crippen molar-refractivity contribution >= 4 is 20.6 Å². The van der Waals surface area contributed by atoms with Crippen LogP contribution < -0.4 is 0 Å². The van der Waals surface area contributed by atoms with E-state index in [0.717, 1.165) is 0 Å². The molecule has 9 heavy (non-hydrogen) atoms. The highest BCUT2D eigenvalue weighted by Crippen LogP contribution is 1.99. The van der Waals surface area contributed by atoms with Gasteiger partial charge in [-0.15, -0.1) is 0 Å². The Balaban J connectivity index is 2.83. The summed E-state index contributed by atoms with van der Waals surface area (Å²) in [4.78, 5) is 0. The minimum atomic E-state index is -0.902. The quantitative estimate of drug-likeness (QED) is 0.385. The second kappa shape index (κ2) is 2.90. The van der Waals surface area contributed by atoms with Crippen LogP contribution in [0.25, 0.3) is 0 Å². The van der Waals surface area contributed by atoms with Gasteiger partial charge in [-0.3, -0.25) is 0 Å². The zero-order valence-corrected chi connectivity index (χ0v) is 6.06.